The van der Waals surface area contributed by atoms with E-state index < -0.39 is 0 Å². The van der Waals surface area contributed by atoms with Crippen molar-refractivity contribution < 1.29 is 28.5 Å². The first kappa shape index (κ1) is 18.7. The molecule has 1 N–H and O–H groups in total. The summed E-state index contributed by atoms with van der Waals surface area (Å²) in [5, 5.41) is 2.90. The van der Waals surface area contributed by atoms with Gasteiger partial charge in [-0.2, -0.15) is 0 Å². The summed E-state index contributed by atoms with van der Waals surface area (Å²) >= 11 is 0. The van der Waals surface area contributed by atoms with Gasteiger partial charge in [0.25, 0.3) is 0 Å². The molecule has 1 heterocycles. The topological polar surface area (TPSA) is 75.3 Å². The third-order valence-corrected chi connectivity index (χ3v) is 4.69. The second-order valence-corrected chi connectivity index (χ2v) is 5.99. The minimum absolute atomic E-state index is 0.105. The highest BCUT2D eigenvalue weighted by molar-refractivity contribution is 5.97. The van der Waals surface area contributed by atoms with E-state index in [0.29, 0.717) is 34.4 Å². The van der Waals surface area contributed by atoms with Gasteiger partial charge in [0.05, 0.1) is 41.2 Å². The zero-order valence-electron chi connectivity index (χ0n) is 16.0. The van der Waals surface area contributed by atoms with E-state index in [1.807, 2.05) is 18.2 Å². The molecule has 0 aliphatic carbocycles. The first-order chi connectivity index (χ1) is 13.1. The summed E-state index contributed by atoms with van der Waals surface area (Å²) in [6.45, 7) is 0. The number of rotatable bonds is 6. The smallest absolute Gasteiger partial charge is 0.225 e. The molecule has 7 nitrogen and oxygen atoms in total. The number of hydrogen-bond donors (Lipinski definition) is 1. The number of fused-ring (bicyclic) bond motifs is 1. The van der Waals surface area contributed by atoms with Crippen LogP contribution in [0.3, 0.4) is 0 Å². The van der Waals surface area contributed by atoms with E-state index in [4.69, 9.17) is 23.7 Å². The Morgan fingerprint density at radius 3 is 2.11 bits per heavy atom. The highest BCUT2D eigenvalue weighted by atomic mass is 16.5. The van der Waals surface area contributed by atoms with Gasteiger partial charge in [-0.25, -0.2) is 0 Å². The second kappa shape index (κ2) is 7.65. The average molecular weight is 373 g/mol. The van der Waals surface area contributed by atoms with Crippen LogP contribution in [-0.2, 0) is 4.79 Å². The van der Waals surface area contributed by atoms with Crippen molar-refractivity contribution in [3.63, 3.8) is 0 Å². The molecule has 0 saturated carbocycles. The van der Waals surface area contributed by atoms with Crippen molar-refractivity contribution in [2.75, 3.05) is 40.9 Å². The van der Waals surface area contributed by atoms with Gasteiger partial charge < -0.3 is 29.0 Å². The molecule has 27 heavy (non-hydrogen) atoms. The number of benzene rings is 2. The van der Waals surface area contributed by atoms with E-state index in [1.54, 1.807) is 34.5 Å². The second-order valence-electron chi connectivity index (χ2n) is 5.99. The van der Waals surface area contributed by atoms with Crippen molar-refractivity contribution in [1.29, 1.82) is 0 Å². The van der Waals surface area contributed by atoms with E-state index in [1.165, 1.54) is 7.11 Å². The molecule has 0 bridgehead atoms. The number of ether oxygens (including phenoxy) is 5. The highest BCUT2D eigenvalue weighted by Gasteiger charge is 2.35. The number of nitrogens with one attached hydrogen (secondary N) is 1. The van der Waals surface area contributed by atoms with Gasteiger partial charge in [0.2, 0.25) is 11.7 Å². The van der Waals surface area contributed by atoms with Crippen LogP contribution in [0.5, 0.6) is 28.7 Å². The molecule has 3 rings (SSSR count). The van der Waals surface area contributed by atoms with E-state index in [-0.39, 0.29) is 18.2 Å². The van der Waals surface area contributed by atoms with Crippen LogP contribution < -0.4 is 29.0 Å². The SMILES string of the molecule is COc1cccc([C@@H]2CC(=O)Nc3cc(OC)c(OC)c(OC)c32)c1OC. The lowest BCUT2D eigenvalue weighted by molar-refractivity contribution is -0.116. The molecular weight excluding hydrogens is 350 g/mol. The van der Waals surface area contributed by atoms with Gasteiger partial charge >= 0.3 is 0 Å². The number of para-hydroxylation sites is 1. The van der Waals surface area contributed by atoms with Crippen LogP contribution in [0.15, 0.2) is 24.3 Å². The predicted molar refractivity (Wildman–Crippen MR) is 101 cm³/mol. The van der Waals surface area contributed by atoms with Crippen molar-refractivity contribution in [2.24, 2.45) is 0 Å². The minimum atomic E-state index is -0.298. The van der Waals surface area contributed by atoms with E-state index in [9.17, 15) is 4.79 Å². The molecule has 1 atom stereocenters. The molecule has 144 valence electrons. The summed E-state index contributed by atoms with van der Waals surface area (Å²) in [4.78, 5) is 12.4. The quantitative estimate of drug-likeness (QED) is 0.838. The molecule has 7 heteroatoms. The first-order valence-corrected chi connectivity index (χ1v) is 8.43. The number of carbonyl (C=O) groups is 1. The van der Waals surface area contributed by atoms with Crippen LogP contribution in [0.25, 0.3) is 0 Å². The van der Waals surface area contributed by atoms with Crippen LogP contribution in [0, 0.1) is 0 Å². The Labute approximate surface area is 158 Å². The maximum Gasteiger partial charge on any atom is 0.225 e. The van der Waals surface area contributed by atoms with Gasteiger partial charge in [-0.1, -0.05) is 12.1 Å². The Balaban J connectivity index is 2.29. The van der Waals surface area contributed by atoms with Crippen LogP contribution in [0.2, 0.25) is 0 Å². The largest absolute Gasteiger partial charge is 0.493 e. The van der Waals surface area contributed by atoms with Crippen molar-refractivity contribution in [2.45, 2.75) is 12.3 Å². The summed E-state index contributed by atoms with van der Waals surface area (Å²) in [5.74, 6) is 2.25. The summed E-state index contributed by atoms with van der Waals surface area (Å²) in [7, 11) is 7.81. The van der Waals surface area contributed by atoms with Crippen molar-refractivity contribution >= 4 is 11.6 Å². The van der Waals surface area contributed by atoms with Gasteiger partial charge in [0.15, 0.2) is 23.0 Å². The number of anilines is 1. The fourth-order valence-electron chi connectivity index (χ4n) is 3.57. The lowest BCUT2D eigenvalue weighted by atomic mass is 9.83. The Bertz CT molecular complexity index is 864. The fourth-order valence-corrected chi connectivity index (χ4v) is 3.57. The zero-order valence-corrected chi connectivity index (χ0v) is 16.0. The molecule has 2 aromatic rings. The Hall–Kier alpha value is -3.09. The Morgan fingerprint density at radius 2 is 1.52 bits per heavy atom. The molecular formula is C20H23NO6. The van der Waals surface area contributed by atoms with Gasteiger partial charge in [-0.05, 0) is 6.07 Å². The molecule has 1 aliphatic heterocycles. The van der Waals surface area contributed by atoms with Gasteiger partial charge in [-0.3, -0.25) is 4.79 Å². The van der Waals surface area contributed by atoms with Crippen LogP contribution in [0.4, 0.5) is 5.69 Å². The van der Waals surface area contributed by atoms with Crippen LogP contribution >= 0.6 is 0 Å². The van der Waals surface area contributed by atoms with Crippen LogP contribution in [0.1, 0.15) is 23.5 Å². The third kappa shape index (κ3) is 3.09. The Kier molecular flexibility index (Phi) is 5.30. The number of hydrogen-bond acceptors (Lipinski definition) is 6. The monoisotopic (exact) mass is 373 g/mol. The number of amides is 1. The number of carbonyl (C=O) groups excluding carboxylic acids is 1. The van der Waals surface area contributed by atoms with Crippen molar-refractivity contribution in [3.05, 3.63) is 35.4 Å². The molecule has 1 amide bonds. The van der Waals surface area contributed by atoms with E-state index in [0.717, 1.165) is 11.1 Å². The molecule has 0 radical (unpaired) electrons. The lowest BCUT2D eigenvalue weighted by Gasteiger charge is -2.30. The van der Waals surface area contributed by atoms with Gasteiger partial charge in [-0.15, -0.1) is 0 Å². The van der Waals surface area contributed by atoms with E-state index in [2.05, 4.69) is 5.32 Å². The lowest BCUT2D eigenvalue weighted by Crippen LogP contribution is -2.24. The molecule has 1 aliphatic rings. The predicted octanol–water partition coefficient (Wildman–Crippen LogP) is 3.20. The fraction of sp³-hybridized carbons (Fsp3) is 0.350. The molecule has 0 saturated heterocycles. The normalized spacial score (nSPS) is 15.4. The zero-order chi connectivity index (χ0) is 19.6. The average Bonchev–Trinajstić information content (AvgIpc) is 2.70. The molecule has 0 aromatic heterocycles. The highest BCUT2D eigenvalue weighted by Crippen LogP contribution is 2.53. The Morgan fingerprint density at radius 1 is 0.852 bits per heavy atom. The molecule has 2 aromatic carbocycles. The summed E-state index contributed by atoms with van der Waals surface area (Å²) in [5.41, 5.74) is 2.26. The standard InChI is InChI=1S/C20H23NO6/c1-23-14-8-6-7-11(18(14)25-3)12-9-16(22)21-13-10-15(24-2)19(26-4)20(27-5)17(12)13/h6-8,10,12H,9H2,1-5H3,(H,21,22)/t12-/m0/s1. The van der Waals surface area contributed by atoms with Crippen LogP contribution in [-0.4, -0.2) is 41.5 Å². The summed E-state index contributed by atoms with van der Waals surface area (Å²) in [6.07, 6.45) is 0.238. The minimum Gasteiger partial charge on any atom is -0.493 e. The van der Waals surface area contributed by atoms with Crippen molar-refractivity contribution in [1.82, 2.24) is 0 Å². The molecule has 0 unspecified atom stereocenters. The van der Waals surface area contributed by atoms with Gasteiger partial charge in [0.1, 0.15) is 0 Å². The third-order valence-electron chi connectivity index (χ3n) is 4.69. The van der Waals surface area contributed by atoms with Gasteiger partial charge in [0, 0.05) is 29.5 Å². The first-order valence-electron chi connectivity index (χ1n) is 8.43. The molecule has 0 fully saturated rings. The van der Waals surface area contributed by atoms with Crippen molar-refractivity contribution in [3.8, 4) is 28.7 Å². The van der Waals surface area contributed by atoms with E-state index >= 15 is 0 Å². The molecule has 0 spiro atoms. The maximum absolute atomic E-state index is 12.4. The number of methoxy groups -OCH3 is 5. The summed E-state index contributed by atoms with van der Waals surface area (Å²) < 4.78 is 27.6. The maximum atomic E-state index is 12.4. The summed E-state index contributed by atoms with van der Waals surface area (Å²) in [6, 6.07) is 7.35.